The van der Waals surface area contributed by atoms with Gasteiger partial charge in [-0.2, -0.15) is 0 Å². The molecule has 0 radical (unpaired) electrons. The first-order chi connectivity index (χ1) is 6.84. The van der Waals surface area contributed by atoms with Gasteiger partial charge in [0.25, 0.3) is 0 Å². The van der Waals surface area contributed by atoms with Crippen LogP contribution in [0.15, 0.2) is 22.7 Å². The van der Waals surface area contributed by atoms with Crippen molar-refractivity contribution in [3.8, 4) is 0 Å². The van der Waals surface area contributed by atoms with Crippen molar-refractivity contribution in [3.05, 3.63) is 28.2 Å². The van der Waals surface area contributed by atoms with Gasteiger partial charge < -0.3 is 5.32 Å². The fraction of sp³-hybridized carbons (Fsp3) is 0.500. The fourth-order valence-electron chi connectivity index (χ4n) is 2.85. The van der Waals surface area contributed by atoms with Crippen molar-refractivity contribution in [1.29, 1.82) is 0 Å². The van der Waals surface area contributed by atoms with Gasteiger partial charge >= 0.3 is 0 Å². The van der Waals surface area contributed by atoms with Crippen molar-refractivity contribution in [1.82, 2.24) is 0 Å². The lowest BCUT2D eigenvalue weighted by Gasteiger charge is -2.25. The zero-order valence-electron chi connectivity index (χ0n) is 8.09. The minimum absolute atomic E-state index is 0.716. The fourth-order valence-corrected chi connectivity index (χ4v) is 3.21. The van der Waals surface area contributed by atoms with Crippen LogP contribution in [0.2, 0.25) is 0 Å². The van der Waals surface area contributed by atoms with Crippen molar-refractivity contribution in [2.75, 3.05) is 5.32 Å². The summed E-state index contributed by atoms with van der Waals surface area (Å²) in [6.45, 7) is 0. The maximum absolute atomic E-state index is 3.65. The van der Waals surface area contributed by atoms with Gasteiger partial charge in [0.1, 0.15) is 0 Å². The highest BCUT2D eigenvalue weighted by atomic mass is 79.9. The molecule has 0 spiro atoms. The largest absolute Gasteiger partial charge is 0.381 e. The summed E-state index contributed by atoms with van der Waals surface area (Å²) in [4.78, 5) is 0. The van der Waals surface area contributed by atoms with Crippen molar-refractivity contribution >= 4 is 21.6 Å². The Balaban J connectivity index is 2.01. The van der Waals surface area contributed by atoms with Gasteiger partial charge in [0.15, 0.2) is 0 Å². The third-order valence-electron chi connectivity index (χ3n) is 3.52. The number of hydrogen-bond donors (Lipinski definition) is 1. The van der Waals surface area contributed by atoms with Crippen LogP contribution in [0, 0.1) is 0 Å². The van der Waals surface area contributed by atoms with Gasteiger partial charge in [-0.25, -0.2) is 0 Å². The normalized spacial score (nSPS) is 29.2. The van der Waals surface area contributed by atoms with Gasteiger partial charge in [0, 0.05) is 22.1 Å². The average Bonchev–Trinajstić information content (AvgIpc) is 2.54. The maximum Gasteiger partial charge on any atom is 0.0390 e. The number of hydrogen-bond acceptors (Lipinski definition) is 1. The molecular formula is C12H14BrN. The predicted molar refractivity (Wildman–Crippen MR) is 62.8 cm³/mol. The molecule has 2 heteroatoms. The summed E-state index contributed by atoms with van der Waals surface area (Å²) in [6, 6.07) is 7.38. The topological polar surface area (TPSA) is 12.0 Å². The summed E-state index contributed by atoms with van der Waals surface area (Å²) in [5.74, 6) is 0.784. The van der Waals surface area contributed by atoms with Crippen molar-refractivity contribution < 1.29 is 0 Å². The monoisotopic (exact) mass is 251 g/mol. The average molecular weight is 252 g/mol. The first kappa shape index (κ1) is 8.78. The molecule has 2 aliphatic rings. The van der Waals surface area contributed by atoms with E-state index < -0.39 is 0 Å². The van der Waals surface area contributed by atoms with E-state index in [1.165, 1.54) is 41.4 Å². The number of nitrogens with one attached hydrogen (secondary N) is 1. The van der Waals surface area contributed by atoms with E-state index in [-0.39, 0.29) is 0 Å². The quantitative estimate of drug-likeness (QED) is 0.738. The second-order valence-corrected chi connectivity index (χ2v) is 5.29. The molecule has 1 nitrogen and oxygen atoms in total. The first-order valence-corrected chi connectivity index (χ1v) is 6.20. The van der Waals surface area contributed by atoms with E-state index in [1.54, 1.807) is 0 Å². The lowest BCUT2D eigenvalue weighted by molar-refractivity contribution is 0.422. The number of rotatable bonds is 0. The van der Waals surface area contributed by atoms with Gasteiger partial charge in [0.2, 0.25) is 0 Å². The smallest absolute Gasteiger partial charge is 0.0390 e. The van der Waals surface area contributed by atoms with Crippen LogP contribution in [0.3, 0.4) is 0 Å². The van der Waals surface area contributed by atoms with E-state index in [9.17, 15) is 0 Å². The van der Waals surface area contributed by atoms with Crippen LogP contribution in [0.25, 0.3) is 0 Å². The van der Waals surface area contributed by atoms with Crippen LogP contribution < -0.4 is 5.32 Å². The molecule has 3 rings (SSSR count). The van der Waals surface area contributed by atoms with E-state index in [0.29, 0.717) is 6.04 Å². The molecule has 1 aliphatic carbocycles. The molecule has 1 heterocycles. The zero-order valence-corrected chi connectivity index (χ0v) is 9.68. The molecule has 0 amide bonds. The van der Waals surface area contributed by atoms with Crippen LogP contribution in [0.4, 0.5) is 5.69 Å². The van der Waals surface area contributed by atoms with Gasteiger partial charge in [-0.3, -0.25) is 0 Å². The highest BCUT2D eigenvalue weighted by Crippen LogP contribution is 2.44. The summed E-state index contributed by atoms with van der Waals surface area (Å²) in [7, 11) is 0. The molecule has 0 bridgehead atoms. The number of benzene rings is 1. The zero-order chi connectivity index (χ0) is 9.54. The van der Waals surface area contributed by atoms with Crippen LogP contribution in [-0.4, -0.2) is 6.04 Å². The number of fused-ring (bicyclic) bond motifs is 3. The third kappa shape index (κ3) is 1.28. The first-order valence-electron chi connectivity index (χ1n) is 5.40. The minimum Gasteiger partial charge on any atom is -0.381 e. The molecule has 74 valence electrons. The molecule has 0 aromatic heterocycles. The Kier molecular flexibility index (Phi) is 2.05. The molecule has 1 aliphatic heterocycles. The molecule has 0 saturated heterocycles. The van der Waals surface area contributed by atoms with Crippen LogP contribution in [-0.2, 0) is 0 Å². The summed E-state index contributed by atoms with van der Waals surface area (Å²) in [5, 5.41) is 3.65. The maximum atomic E-state index is 3.65. The van der Waals surface area contributed by atoms with Gasteiger partial charge in [-0.05, 0) is 30.5 Å². The van der Waals surface area contributed by atoms with Crippen LogP contribution in [0.5, 0.6) is 0 Å². The number of halogens is 1. The van der Waals surface area contributed by atoms with Crippen molar-refractivity contribution in [3.63, 3.8) is 0 Å². The SMILES string of the molecule is Brc1ccc2c(c1)N[C@H]1CCCC[C@@H]21. The van der Waals surface area contributed by atoms with E-state index in [1.807, 2.05) is 0 Å². The van der Waals surface area contributed by atoms with E-state index in [2.05, 4.69) is 39.4 Å². The molecule has 2 atom stereocenters. The molecule has 1 fully saturated rings. The van der Waals surface area contributed by atoms with Crippen LogP contribution in [0.1, 0.15) is 37.2 Å². The van der Waals surface area contributed by atoms with Crippen molar-refractivity contribution in [2.45, 2.75) is 37.6 Å². The molecule has 0 unspecified atom stereocenters. The molecule has 14 heavy (non-hydrogen) atoms. The summed E-state index contributed by atoms with van der Waals surface area (Å²) < 4.78 is 1.18. The van der Waals surface area contributed by atoms with E-state index in [4.69, 9.17) is 0 Å². The molecule has 1 saturated carbocycles. The Morgan fingerprint density at radius 2 is 2.07 bits per heavy atom. The Morgan fingerprint density at radius 3 is 3.00 bits per heavy atom. The highest BCUT2D eigenvalue weighted by molar-refractivity contribution is 9.10. The Labute approximate surface area is 93.0 Å². The third-order valence-corrected chi connectivity index (χ3v) is 4.01. The van der Waals surface area contributed by atoms with Gasteiger partial charge in [-0.15, -0.1) is 0 Å². The molecular weight excluding hydrogens is 238 g/mol. The summed E-state index contributed by atoms with van der Waals surface area (Å²) in [5.41, 5.74) is 2.90. The summed E-state index contributed by atoms with van der Waals surface area (Å²) in [6.07, 6.45) is 5.50. The minimum atomic E-state index is 0.716. The number of anilines is 1. The molecule has 1 aromatic carbocycles. The van der Waals surface area contributed by atoms with E-state index in [0.717, 1.165) is 5.92 Å². The second-order valence-electron chi connectivity index (χ2n) is 4.37. The lowest BCUT2D eigenvalue weighted by Crippen LogP contribution is -2.23. The standard InChI is InChI=1S/C12H14BrN/c13-8-5-6-10-9-3-1-2-4-11(9)14-12(10)7-8/h5-7,9,11,14H,1-4H2/t9-,11-/m0/s1. The highest BCUT2D eigenvalue weighted by Gasteiger charge is 2.33. The van der Waals surface area contributed by atoms with E-state index >= 15 is 0 Å². The molecule has 1 aromatic rings. The second kappa shape index (κ2) is 3.27. The lowest BCUT2D eigenvalue weighted by atomic mass is 9.83. The van der Waals surface area contributed by atoms with Crippen molar-refractivity contribution in [2.24, 2.45) is 0 Å². The predicted octanol–water partition coefficient (Wildman–Crippen LogP) is 3.90. The van der Waals surface area contributed by atoms with Crippen LogP contribution >= 0.6 is 15.9 Å². The van der Waals surface area contributed by atoms with Gasteiger partial charge in [0.05, 0.1) is 0 Å². The summed E-state index contributed by atoms with van der Waals surface area (Å²) >= 11 is 3.52. The Hall–Kier alpha value is -0.500. The molecule has 1 N–H and O–H groups in total. The van der Waals surface area contributed by atoms with Gasteiger partial charge in [-0.1, -0.05) is 34.8 Å². The Bertz CT molecular complexity index is 361. The Morgan fingerprint density at radius 1 is 1.21 bits per heavy atom.